The molecule has 0 aliphatic rings. The third kappa shape index (κ3) is 7.68. The zero-order valence-corrected chi connectivity index (χ0v) is 13.5. The molecule has 0 atom stereocenters. The second-order valence-corrected chi connectivity index (χ2v) is 4.91. The zero-order chi connectivity index (χ0) is 15.3. The van der Waals surface area contributed by atoms with Crippen LogP contribution in [0.25, 0.3) is 0 Å². The summed E-state index contributed by atoms with van der Waals surface area (Å²) < 4.78 is 11.1. The average Bonchev–Trinajstić information content (AvgIpc) is 2.50. The Labute approximate surface area is 127 Å². The molecule has 0 radical (unpaired) electrons. The van der Waals surface area contributed by atoms with Gasteiger partial charge in [-0.15, -0.1) is 4.98 Å². The van der Waals surface area contributed by atoms with Gasteiger partial charge in [-0.1, -0.05) is 40.0 Å². The molecule has 0 aromatic carbocycles. The highest BCUT2D eigenvalue weighted by Crippen LogP contribution is 2.14. The van der Waals surface area contributed by atoms with Gasteiger partial charge >= 0.3 is 12.0 Å². The minimum Gasteiger partial charge on any atom is -0.463 e. The maximum atomic E-state index is 5.61. The molecule has 0 unspecified atom stereocenters. The maximum Gasteiger partial charge on any atom is 0.324 e. The van der Waals surface area contributed by atoms with E-state index in [2.05, 4.69) is 34.1 Å². The second-order valence-electron chi connectivity index (χ2n) is 4.91. The van der Waals surface area contributed by atoms with E-state index in [1.54, 1.807) is 0 Å². The number of unbranched alkanes of at least 4 members (excludes halogenated alkanes) is 3. The van der Waals surface area contributed by atoms with Crippen molar-refractivity contribution in [3.05, 3.63) is 0 Å². The van der Waals surface area contributed by atoms with Crippen LogP contribution < -0.4 is 14.8 Å². The summed E-state index contributed by atoms with van der Waals surface area (Å²) in [5.74, 6) is 0.515. The highest BCUT2D eigenvalue weighted by atomic mass is 16.5. The molecule has 0 aliphatic carbocycles. The van der Waals surface area contributed by atoms with Crippen molar-refractivity contribution in [2.75, 3.05) is 25.1 Å². The summed E-state index contributed by atoms with van der Waals surface area (Å²) in [5, 5.41) is 3.14. The summed E-state index contributed by atoms with van der Waals surface area (Å²) >= 11 is 0. The first-order chi connectivity index (χ1) is 10.3. The lowest BCUT2D eigenvalue weighted by Gasteiger charge is -2.09. The molecule has 0 bridgehead atoms. The minimum atomic E-state index is 0.328. The van der Waals surface area contributed by atoms with Crippen LogP contribution in [0.2, 0.25) is 0 Å². The van der Waals surface area contributed by atoms with Gasteiger partial charge in [0.15, 0.2) is 0 Å². The molecule has 21 heavy (non-hydrogen) atoms. The number of aromatic nitrogens is 3. The van der Waals surface area contributed by atoms with Crippen molar-refractivity contribution in [2.24, 2.45) is 0 Å². The Bertz CT molecular complexity index is 362. The van der Waals surface area contributed by atoms with E-state index < -0.39 is 0 Å². The van der Waals surface area contributed by atoms with E-state index in [0.29, 0.717) is 31.2 Å². The smallest absolute Gasteiger partial charge is 0.324 e. The van der Waals surface area contributed by atoms with Gasteiger partial charge in [0.2, 0.25) is 5.95 Å². The summed E-state index contributed by atoms with van der Waals surface area (Å²) in [6.45, 7) is 8.36. The fourth-order valence-corrected chi connectivity index (χ4v) is 1.67. The summed E-state index contributed by atoms with van der Waals surface area (Å²) in [4.78, 5) is 12.7. The monoisotopic (exact) mass is 296 g/mol. The SMILES string of the molecule is CCCCCCOc1nc(NCCC)nc(OCCC)n1. The molecule has 0 saturated carbocycles. The molecule has 0 amide bonds. The highest BCUT2D eigenvalue weighted by molar-refractivity contribution is 5.27. The Hall–Kier alpha value is -1.59. The molecule has 1 aromatic heterocycles. The van der Waals surface area contributed by atoms with E-state index in [4.69, 9.17) is 9.47 Å². The first kappa shape index (κ1) is 17.5. The predicted octanol–water partition coefficient (Wildman–Crippen LogP) is 3.44. The number of anilines is 1. The third-order valence-corrected chi connectivity index (χ3v) is 2.79. The van der Waals surface area contributed by atoms with Crippen LogP contribution in [0.15, 0.2) is 0 Å². The number of ether oxygens (including phenoxy) is 2. The topological polar surface area (TPSA) is 69.2 Å². The van der Waals surface area contributed by atoms with Crippen LogP contribution in [0.5, 0.6) is 12.0 Å². The fourth-order valence-electron chi connectivity index (χ4n) is 1.67. The third-order valence-electron chi connectivity index (χ3n) is 2.79. The summed E-state index contributed by atoms with van der Waals surface area (Å²) in [7, 11) is 0. The molecule has 1 aromatic rings. The largest absolute Gasteiger partial charge is 0.463 e. The molecule has 120 valence electrons. The Morgan fingerprint density at radius 1 is 0.762 bits per heavy atom. The molecule has 0 spiro atoms. The number of hydrogen-bond donors (Lipinski definition) is 1. The predicted molar refractivity (Wildman–Crippen MR) is 84.0 cm³/mol. The zero-order valence-electron chi connectivity index (χ0n) is 13.5. The average molecular weight is 296 g/mol. The van der Waals surface area contributed by atoms with Crippen LogP contribution in [0.4, 0.5) is 5.95 Å². The van der Waals surface area contributed by atoms with Gasteiger partial charge in [0.1, 0.15) is 0 Å². The van der Waals surface area contributed by atoms with Crippen molar-refractivity contribution in [2.45, 2.75) is 59.3 Å². The van der Waals surface area contributed by atoms with E-state index >= 15 is 0 Å². The van der Waals surface area contributed by atoms with Crippen molar-refractivity contribution in [1.29, 1.82) is 0 Å². The maximum absolute atomic E-state index is 5.61. The molecule has 6 nitrogen and oxygen atoms in total. The Balaban J connectivity index is 2.57. The Morgan fingerprint density at radius 3 is 2.10 bits per heavy atom. The van der Waals surface area contributed by atoms with Gasteiger partial charge in [0.05, 0.1) is 13.2 Å². The lowest BCUT2D eigenvalue weighted by atomic mass is 10.2. The standard InChI is InChI=1S/C15H28N4O2/c1-4-7-8-9-12-21-15-18-13(16-10-5-2)17-14(19-15)20-11-6-3/h4-12H2,1-3H3,(H,16,17,18,19). The molecule has 6 heteroatoms. The summed E-state index contributed by atoms with van der Waals surface area (Å²) in [6.07, 6.45) is 6.55. The molecule has 1 rings (SSSR count). The first-order valence-corrected chi connectivity index (χ1v) is 8.05. The second kappa shape index (κ2) is 11.1. The quantitative estimate of drug-likeness (QED) is 0.596. The van der Waals surface area contributed by atoms with E-state index in [9.17, 15) is 0 Å². The molecule has 1 N–H and O–H groups in total. The Kier molecular flexibility index (Phi) is 9.24. The van der Waals surface area contributed by atoms with Crippen LogP contribution in [-0.2, 0) is 0 Å². The van der Waals surface area contributed by atoms with Crippen LogP contribution in [0.3, 0.4) is 0 Å². The van der Waals surface area contributed by atoms with Gasteiger partial charge in [-0.25, -0.2) is 0 Å². The van der Waals surface area contributed by atoms with Gasteiger partial charge in [-0.05, 0) is 19.3 Å². The number of rotatable bonds is 12. The van der Waals surface area contributed by atoms with E-state index in [0.717, 1.165) is 25.8 Å². The van der Waals surface area contributed by atoms with Gasteiger partial charge in [0, 0.05) is 6.54 Å². The van der Waals surface area contributed by atoms with Crippen LogP contribution >= 0.6 is 0 Å². The number of hydrogen-bond acceptors (Lipinski definition) is 6. The van der Waals surface area contributed by atoms with E-state index in [1.807, 2.05) is 6.92 Å². The molecular formula is C15H28N4O2. The van der Waals surface area contributed by atoms with Crippen molar-refractivity contribution in [3.8, 4) is 12.0 Å². The molecule has 0 fully saturated rings. The van der Waals surface area contributed by atoms with Crippen LogP contribution in [-0.4, -0.2) is 34.7 Å². The first-order valence-electron chi connectivity index (χ1n) is 8.05. The lowest BCUT2D eigenvalue weighted by molar-refractivity contribution is 0.257. The molecule has 0 aliphatic heterocycles. The normalized spacial score (nSPS) is 10.4. The van der Waals surface area contributed by atoms with Gasteiger partial charge in [-0.2, -0.15) is 9.97 Å². The summed E-state index contributed by atoms with van der Waals surface area (Å²) in [5.41, 5.74) is 0. The fraction of sp³-hybridized carbons (Fsp3) is 0.800. The number of nitrogens with one attached hydrogen (secondary N) is 1. The highest BCUT2D eigenvalue weighted by Gasteiger charge is 2.08. The van der Waals surface area contributed by atoms with Gasteiger partial charge < -0.3 is 14.8 Å². The Morgan fingerprint density at radius 2 is 1.48 bits per heavy atom. The van der Waals surface area contributed by atoms with Crippen molar-refractivity contribution >= 4 is 5.95 Å². The lowest BCUT2D eigenvalue weighted by Crippen LogP contribution is -2.10. The van der Waals surface area contributed by atoms with Crippen LogP contribution in [0, 0.1) is 0 Å². The summed E-state index contributed by atoms with van der Waals surface area (Å²) in [6, 6.07) is 0.667. The van der Waals surface area contributed by atoms with E-state index in [1.165, 1.54) is 19.3 Å². The molecule has 1 heterocycles. The number of nitrogens with zero attached hydrogens (tertiary/aromatic N) is 3. The molecule has 0 saturated heterocycles. The minimum absolute atomic E-state index is 0.328. The van der Waals surface area contributed by atoms with Crippen molar-refractivity contribution in [3.63, 3.8) is 0 Å². The van der Waals surface area contributed by atoms with Crippen LogP contribution in [0.1, 0.15) is 59.3 Å². The van der Waals surface area contributed by atoms with Gasteiger partial charge in [0.25, 0.3) is 0 Å². The van der Waals surface area contributed by atoms with Crippen molar-refractivity contribution in [1.82, 2.24) is 15.0 Å². The van der Waals surface area contributed by atoms with Crippen molar-refractivity contribution < 1.29 is 9.47 Å². The van der Waals surface area contributed by atoms with Gasteiger partial charge in [-0.3, -0.25) is 0 Å². The molecular weight excluding hydrogens is 268 g/mol. The van der Waals surface area contributed by atoms with E-state index in [-0.39, 0.29) is 0 Å².